The van der Waals surface area contributed by atoms with Crippen molar-refractivity contribution in [1.82, 2.24) is 20.1 Å². The molecule has 2 aromatic carbocycles. The Bertz CT molecular complexity index is 1290. The SMILES string of the molecule is C[C@H](CNC(c1ccccc1)C(O)Nc1ccc(-c2cnn(C(F)F)c2)cn1)c1ccc(C#N)cc1. The topological polar surface area (TPSA) is 98.8 Å². The smallest absolute Gasteiger partial charge is 0.333 e. The molecule has 0 saturated heterocycles. The molecule has 184 valence electrons. The molecule has 2 aromatic heterocycles. The van der Waals surface area contributed by atoms with Gasteiger partial charge in [0.2, 0.25) is 0 Å². The van der Waals surface area contributed by atoms with Gasteiger partial charge in [0.05, 0.1) is 23.9 Å². The third kappa shape index (κ3) is 6.10. The fraction of sp³-hybridized carbons (Fsp3) is 0.222. The second-order valence-electron chi connectivity index (χ2n) is 8.44. The Kier molecular flexibility index (Phi) is 8.00. The number of nitrogens with one attached hydrogen (secondary N) is 2. The predicted octanol–water partition coefficient (Wildman–Crippen LogP) is 5.08. The van der Waals surface area contributed by atoms with Gasteiger partial charge in [0.1, 0.15) is 12.0 Å². The zero-order chi connectivity index (χ0) is 25.5. The first kappa shape index (κ1) is 25.0. The number of anilines is 1. The molecule has 0 aliphatic heterocycles. The number of aromatic nitrogens is 3. The van der Waals surface area contributed by atoms with E-state index >= 15 is 0 Å². The molecule has 0 radical (unpaired) electrons. The Morgan fingerprint density at radius 3 is 2.33 bits per heavy atom. The number of rotatable bonds is 10. The van der Waals surface area contributed by atoms with Crippen molar-refractivity contribution < 1.29 is 13.9 Å². The number of hydrogen-bond acceptors (Lipinski definition) is 6. The average Bonchev–Trinajstić information content (AvgIpc) is 3.41. The number of aliphatic hydroxyl groups excluding tert-OH is 1. The molecule has 36 heavy (non-hydrogen) atoms. The highest BCUT2D eigenvalue weighted by atomic mass is 19.3. The van der Waals surface area contributed by atoms with E-state index < -0.39 is 18.8 Å². The minimum Gasteiger partial charge on any atom is -0.372 e. The molecule has 4 aromatic rings. The first-order valence-electron chi connectivity index (χ1n) is 11.5. The maximum Gasteiger partial charge on any atom is 0.333 e. The highest BCUT2D eigenvalue weighted by Gasteiger charge is 2.22. The van der Waals surface area contributed by atoms with Crippen LogP contribution >= 0.6 is 0 Å². The van der Waals surface area contributed by atoms with E-state index in [-0.39, 0.29) is 5.92 Å². The van der Waals surface area contributed by atoms with E-state index in [2.05, 4.69) is 33.7 Å². The second-order valence-corrected chi connectivity index (χ2v) is 8.44. The molecule has 0 aliphatic rings. The van der Waals surface area contributed by atoms with Crippen molar-refractivity contribution in [3.05, 3.63) is 102 Å². The zero-order valence-electron chi connectivity index (χ0n) is 19.6. The Morgan fingerprint density at radius 2 is 1.72 bits per heavy atom. The van der Waals surface area contributed by atoms with Gasteiger partial charge in [-0.05, 0) is 41.3 Å². The highest BCUT2D eigenvalue weighted by Crippen LogP contribution is 2.24. The van der Waals surface area contributed by atoms with Gasteiger partial charge in [-0.1, -0.05) is 49.4 Å². The summed E-state index contributed by atoms with van der Waals surface area (Å²) in [5.41, 5.74) is 3.76. The first-order valence-corrected chi connectivity index (χ1v) is 11.5. The lowest BCUT2D eigenvalue weighted by atomic mass is 9.98. The number of nitrogens with zero attached hydrogens (tertiary/aromatic N) is 4. The van der Waals surface area contributed by atoms with Gasteiger partial charge in [0.15, 0.2) is 0 Å². The highest BCUT2D eigenvalue weighted by molar-refractivity contribution is 5.62. The maximum atomic E-state index is 12.8. The number of benzene rings is 2. The van der Waals surface area contributed by atoms with Crippen LogP contribution in [-0.2, 0) is 0 Å². The second kappa shape index (κ2) is 11.5. The van der Waals surface area contributed by atoms with Gasteiger partial charge in [-0.25, -0.2) is 9.67 Å². The molecule has 0 bridgehead atoms. The molecular weight excluding hydrogens is 462 g/mol. The van der Waals surface area contributed by atoms with Crippen LogP contribution in [0, 0.1) is 11.3 Å². The first-order chi connectivity index (χ1) is 17.4. The van der Waals surface area contributed by atoms with Crippen molar-refractivity contribution in [2.45, 2.75) is 31.7 Å². The lowest BCUT2D eigenvalue weighted by molar-refractivity contribution is 0.0566. The number of pyridine rings is 1. The summed E-state index contributed by atoms with van der Waals surface area (Å²) in [6.07, 6.45) is 3.16. The Labute approximate surface area is 208 Å². The van der Waals surface area contributed by atoms with E-state index in [1.54, 1.807) is 30.5 Å². The number of alkyl halides is 2. The van der Waals surface area contributed by atoms with Crippen LogP contribution in [-0.4, -0.2) is 32.6 Å². The molecule has 2 heterocycles. The van der Waals surface area contributed by atoms with Gasteiger partial charge in [-0.3, -0.25) is 0 Å². The van der Waals surface area contributed by atoms with Crippen LogP contribution in [0.5, 0.6) is 0 Å². The Balaban J connectivity index is 1.44. The van der Waals surface area contributed by atoms with Gasteiger partial charge < -0.3 is 15.7 Å². The van der Waals surface area contributed by atoms with Crippen molar-refractivity contribution in [3.8, 4) is 17.2 Å². The summed E-state index contributed by atoms with van der Waals surface area (Å²) in [6.45, 7) is -0.0398. The van der Waals surface area contributed by atoms with Crippen LogP contribution in [0.4, 0.5) is 14.6 Å². The molecule has 0 amide bonds. The van der Waals surface area contributed by atoms with Crippen LogP contribution < -0.4 is 10.6 Å². The van der Waals surface area contributed by atoms with Crippen LogP contribution in [0.2, 0.25) is 0 Å². The van der Waals surface area contributed by atoms with E-state index in [1.807, 2.05) is 42.5 Å². The zero-order valence-corrected chi connectivity index (χ0v) is 19.6. The number of nitriles is 1. The normalized spacial score (nSPS) is 13.7. The van der Waals surface area contributed by atoms with Crippen molar-refractivity contribution in [3.63, 3.8) is 0 Å². The van der Waals surface area contributed by atoms with E-state index in [0.29, 0.717) is 33.7 Å². The number of aliphatic hydroxyl groups is 1. The van der Waals surface area contributed by atoms with Crippen LogP contribution in [0.15, 0.2) is 85.3 Å². The van der Waals surface area contributed by atoms with Crippen LogP contribution in [0.1, 0.15) is 42.1 Å². The van der Waals surface area contributed by atoms with Gasteiger partial charge in [-0.2, -0.15) is 19.1 Å². The summed E-state index contributed by atoms with van der Waals surface area (Å²) in [4.78, 5) is 4.33. The van der Waals surface area contributed by atoms with Gasteiger partial charge >= 0.3 is 6.55 Å². The lowest BCUT2D eigenvalue weighted by Crippen LogP contribution is -2.38. The van der Waals surface area contributed by atoms with E-state index in [9.17, 15) is 13.9 Å². The monoisotopic (exact) mass is 488 g/mol. The van der Waals surface area contributed by atoms with Crippen molar-refractivity contribution >= 4 is 5.82 Å². The predicted molar refractivity (Wildman–Crippen MR) is 133 cm³/mol. The molecule has 3 N–H and O–H groups in total. The fourth-order valence-corrected chi connectivity index (χ4v) is 3.86. The quantitative estimate of drug-likeness (QED) is 0.270. The van der Waals surface area contributed by atoms with E-state index in [0.717, 1.165) is 11.1 Å². The third-order valence-electron chi connectivity index (χ3n) is 5.92. The minimum absolute atomic E-state index is 0.141. The summed E-state index contributed by atoms with van der Waals surface area (Å²) >= 11 is 0. The number of hydrogen-bond donors (Lipinski definition) is 3. The molecule has 4 rings (SSSR count). The van der Waals surface area contributed by atoms with Crippen molar-refractivity contribution in [2.24, 2.45) is 0 Å². The van der Waals surface area contributed by atoms with Crippen LogP contribution in [0.3, 0.4) is 0 Å². The molecule has 7 nitrogen and oxygen atoms in total. The van der Waals surface area contributed by atoms with Crippen molar-refractivity contribution in [1.29, 1.82) is 5.26 Å². The summed E-state index contributed by atoms with van der Waals surface area (Å²) in [7, 11) is 0. The minimum atomic E-state index is -2.70. The van der Waals surface area contributed by atoms with Gasteiger partial charge in [0.25, 0.3) is 0 Å². The molecular formula is C27H26F2N6O. The van der Waals surface area contributed by atoms with E-state index in [1.165, 1.54) is 12.4 Å². The number of halogens is 2. The largest absolute Gasteiger partial charge is 0.372 e. The fourth-order valence-electron chi connectivity index (χ4n) is 3.86. The summed E-state index contributed by atoms with van der Waals surface area (Å²) in [5.74, 6) is 0.582. The summed E-state index contributed by atoms with van der Waals surface area (Å²) < 4.78 is 26.2. The van der Waals surface area contributed by atoms with Crippen molar-refractivity contribution in [2.75, 3.05) is 11.9 Å². The Morgan fingerprint density at radius 1 is 0.972 bits per heavy atom. The molecule has 9 heteroatoms. The molecule has 0 aliphatic carbocycles. The lowest BCUT2D eigenvalue weighted by Gasteiger charge is -2.27. The maximum absolute atomic E-state index is 12.8. The molecule has 0 saturated carbocycles. The molecule has 0 fully saturated rings. The standard InChI is InChI=1S/C27H26F2N6O/c1-18(20-9-7-19(13-30)8-10-20)14-32-25(21-5-3-2-4-6-21)26(36)34-24-12-11-22(15-31-24)23-16-33-35(17-23)27(28)29/h2-12,15-18,25-27,32,36H,14H2,1H3,(H,31,34)/t18-,25?,26?/m1/s1. The van der Waals surface area contributed by atoms with Crippen LogP contribution in [0.25, 0.3) is 11.1 Å². The molecule has 2 unspecified atom stereocenters. The summed E-state index contributed by atoms with van der Waals surface area (Å²) in [6, 6.07) is 22.2. The average molecular weight is 489 g/mol. The Hall–Kier alpha value is -4.13. The third-order valence-corrected chi connectivity index (χ3v) is 5.92. The van der Waals surface area contributed by atoms with Gasteiger partial charge in [0, 0.05) is 30.1 Å². The van der Waals surface area contributed by atoms with E-state index in [4.69, 9.17) is 5.26 Å². The summed E-state index contributed by atoms with van der Waals surface area (Å²) in [5, 5.41) is 30.2. The van der Waals surface area contributed by atoms with Gasteiger partial charge in [-0.15, -0.1) is 0 Å². The molecule has 3 atom stereocenters. The molecule has 0 spiro atoms.